The number of carbonyl (C=O) groups is 3. The zero-order chi connectivity index (χ0) is 29.6. The van der Waals surface area contributed by atoms with E-state index < -0.39 is 41.1 Å². The molecule has 4 rings (SSSR count). The summed E-state index contributed by atoms with van der Waals surface area (Å²) in [6, 6.07) is 10.5. The van der Waals surface area contributed by atoms with Crippen molar-refractivity contribution in [3.05, 3.63) is 83.8 Å². The molecule has 2 atom stereocenters. The average Bonchev–Trinajstić information content (AvgIpc) is 3.63. The summed E-state index contributed by atoms with van der Waals surface area (Å²) in [5.41, 5.74) is 5.79. The third kappa shape index (κ3) is 7.74. The Bertz CT molecular complexity index is 1370. The van der Waals surface area contributed by atoms with Gasteiger partial charge in [0.1, 0.15) is 12.1 Å². The van der Waals surface area contributed by atoms with E-state index in [1.165, 1.54) is 37.0 Å². The number of nitrogens with one attached hydrogen (secondary N) is 2. The van der Waals surface area contributed by atoms with Crippen molar-refractivity contribution >= 4 is 23.5 Å². The van der Waals surface area contributed by atoms with Crippen LogP contribution in [-0.4, -0.2) is 63.4 Å². The van der Waals surface area contributed by atoms with Gasteiger partial charge in [-0.1, -0.05) is 36.4 Å². The molecule has 0 bridgehead atoms. The van der Waals surface area contributed by atoms with E-state index in [1.54, 1.807) is 4.90 Å². The number of aromatic nitrogens is 2. The number of hydrogen-bond donors (Lipinski definition) is 3. The number of nitrogens with two attached hydrogens (primary N) is 1. The second-order valence-electron chi connectivity index (χ2n) is 10.6. The number of halogens is 2. The highest BCUT2D eigenvalue weighted by atomic mass is 19.2. The van der Waals surface area contributed by atoms with Gasteiger partial charge in [0.2, 0.25) is 11.8 Å². The van der Waals surface area contributed by atoms with Crippen molar-refractivity contribution in [3.8, 4) is 0 Å². The average molecular weight is 569 g/mol. The SMILES string of the molecule is CC(C)(N)C(=O)NC(COCc1ccccc1)C(=O)Nc1cn(C(C(=O)N2CCCC2)c2ccc(F)c(F)c2)cn1. The maximum Gasteiger partial charge on any atom is 0.250 e. The lowest BCUT2D eigenvalue weighted by Crippen LogP contribution is -2.56. The fourth-order valence-corrected chi connectivity index (χ4v) is 4.39. The van der Waals surface area contributed by atoms with Crippen LogP contribution in [0.2, 0.25) is 0 Å². The highest BCUT2D eigenvalue weighted by Crippen LogP contribution is 2.26. The maximum absolute atomic E-state index is 14.1. The summed E-state index contributed by atoms with van der Waals surface area (Å²) >= 11 is 0. The Kier molecular flexibility index (Phi) is 9.46. The van der Waals surface area contributed by atoms with Gasteiger partial charge in [-0.15, -0.1) is 0 Å². The van der Waals surface area contributed by atoms with Gasteiger partial charge in [0.15, 0.2) is 17.5 Å². The van der Waals surface area contributed by atoms with Gasteiger partial charge in [-0.2, -0.15) is 0 Å². The molecule has 1 aliphatic rings. The summed E-state index contributed by atoms with van der Waals surface area (Å²) in [4.78, 5) is 45.1. The minimum Gasteiger partial charge on any atom is -0.374 e. The second-order valence-corrected chi connectivity index (χ2v) is 10.6. The van der Waals surface area contributed by atoms with Crippen molar-refractivity contribution in [1.82, 2.24) is 19.8 Å². The molecule has 41 heavy (non-hydrogen) atoms. The number of carbonyl (C=O) groups excluding carboxylic acids is 3. The fraction of sp³-hybridized carbons (Fsp3) is 0.379. The summed E-state index contributed by atoms with van der Waals surface area (Å²) in [6.45, 7) is 4.21. The molecule has 0 radical (unpaired) electrons. The van der Waals surface area contributed by atoms with E-state index in [9.17, 15) is 23.2 Å². The first-order chi connectivity index (χ1) is 19.5. The molecule has 2 unspecified atom stereocenters. The zero-order valence-corrected chi connectivity index (χ0v) is 23.0. The minimum atomic E-state index is -1.24. The Morgan fingerprint density at radius 3 is 2.44 bits per heavy atom. The smallest absolute Gasteiger partial charge is 0.250 e. The number of rotatable bonds is 11. The van der Waals surface area contributed by atoms with Crippen molar-refractivity contribution in [1.29, 1.82) is 0 Å². The Morgan fingerprint density at radius 2 is 1.78 bits per heavy atom. The summed E-state index contributed by atoms with van der Waals surface area (Å²) in [7, 11) is 0. The first-order valence-corrected chi connectivity index (χ1v) is 13.3. The molecule has 0 spiro atoms. The molecule has 1 aromatic heterocycles. The lowest BCUT2D eigenvalue weighted by Gasteiger charge is -2.24. The van der Waals surface area contributed by atoms with Crippen molar-refractivity contribution < 1.29 is 27.9 Å². The molecule has 0 aliphatic carbocycles. The van der Waals surface area contributed by atoms with Crippen molar-refractivity contribution in [2.75, 3.05) is 25.0 Å². The standard InChI is InChI=1S/C29H34F2N6O4/c1-29(2,32)28(40)34-23(17-41-16-19-8-4-3-5-9-19)26(38)35-24-15-37(18-33-24)25(27(39)36-12-6-7-13-36)20-10-11-21(30)22(31)14-20/h3-5,8-11,14-15,18,23,25H,6-7,12-13,16-17,32H2,1-2H3,(H,34,40)(H,35,38). The van der Waals surface area contributed by atoms with E-state index in [-0.39, 0.29) is 30.5 Å². The Morgan fingerprint density at radius 1 is 1.07 bits per heavy atom. The minimum absolute atomic E-state index is 0.0890. The van der Waals surface area contributed by atoms with Crippen LogP contribution in [-0.2, 0) is 25.7 Å². The number of hydrogen-bond acceptors (Lipinski definition) is 6. The molecule has 218 valence electrons. The molecule has 3 amide bonds. The van der Waals surface area contributed by atoms with Gasteiger partial charge in [0.25, 0.3) is 5.91 Å². The Labute approximate surface area is 236 Å². The molecule has 2 heterocycles. The molecule has 1 fully saturated rings. The van der Waals surface area contributed by atoms with E-state index in [0.717, 1.165) is 30.5 Å². The number of likely N-dealkylation sites (tertiary alicyclic amines) is 1. The van der Waals surface area contributed by atoms with Crippen LogP contribution in [0.5, 0.6) is 0 Å². The topological polar surface area (TPSA) is 132 Å². The normalized spacial score (nSPS) is 14.9. The van der Waals surface area contributed by atoms with Crippen molar-refractivity contribution in [2.24, 2.45) is 5.73 Å². The number of anilines is 1. The van der Waals surface area contributed by atoms with E-state index >= 15 is 0 Å². The maximum atomic E-state index is 14.1. The van der Waals surface area contributed by atoms with Crippen LogP contribution in [0.15, 0.2) is 61.1 Å². The van der Waals surface area contributed by atoms with Gasteiger partial charge in [-0.05, 0) is 49.9 Å². The Hall–Kier alpha value is -4.16. The first-order valence-electron chi connectivity index (χ1n) is 13.3. The summed E-state index contributed by atoms with van der Waals surface area (Å²) in [6.07, 6.45) is 4.45. The lowest BCUT2D eigenvalue weighted by molar-refractivity contribution is -0.132. The molecule has 2 aromatic carbocycles. The van der Waals surface area contributed by atoms with Crippen LogP contribution in [0.4, 0.5) is 14.6 Å². The van der Waals surface area contributed by atoms with E-state index in [2.05, 4.69) is 15.6 Å². The van der Waals surface area contributed by atoms with Crippen molar-refractivity contribution in [2.45, 2.75) is 50.9 Å². The van der Waals surface area contributed by atoms with Crippen LogP contribution in [0, 0.1) is 11.6 Å². The summed E-state index contributed by atoms with van der Waals surface area (Å²) in [5, 5.41) is 5.25. The number of amides is 3. The first kappa shape index (κ1) is 29.8. The van der Waals surface area contributed by atoms with Crippen molar-refractivity contribution in [3.63, 3.8) is 0 Å². The lowest BCUT2D eigenvalue weighted by atomic mass is 10.0. The predicted octanol–water partition coefficient (Wildman–Crippen LogP) is 2.75. The van der Waals surface area contributed by atoms with Crippen LogP contribution < -0.4 is 16.4 Å². The molecule has 4 N–H and O–H groups in total. The monoisotopic (exact) mass is 568 g/mol. The molecule has 1 saturated heterocycles. The van der Waals surface area contributed by atoms with E-state index in [1.807, 2.05) is 30.3 Å². The van der Waals surface area contributed by atoms with Crippen LogP contribution >= 0.6 is 0 Å². The molecule has 3 aromatic rings. The summed E-state index contributed by atoms with van der Waals surface area (Å²) < 4.78 is 34.9. The fourth-order valence-electron chi connectivity index (χ4n) is 4.39. The number of nitrogens with zero attached hydrogens (tertiary/aromatic N) is 3. The Balaban J connectivity index is 1.52. The largest absolute Gasteiger partial charge is 0.374 e. The predicted molar refractivity (Wildman–Crippen MR) is 147 cm³/mol. The van der Waals surface area contributed by atoms with E-state index in [4.69, 9.17) is 10.5 Å². The highest BCUT2D eigenvalue weighted by molar-refractivity contribution is 5.98. The summed E-state index contributed by atoms with van der Waals surface area (Å²) in [5.74, 6) is -3.48. The van der Waals surface area contributed by atoms with Gasteiger partial charge in [0, 0.05) is 19.3 Å². The number of imidazole rings is 1. The molecule has 10 nitrogen and oxygen atoms in total. The van der Waals surface area contributed by atoms with Gasteiger partial charge in [-0.3, -0.25) is 14.4 Å². The molecular weight excluding hydrogens is 534 g/mol. The molecule has 1 aliphatic heterocycles. The van der Waals surface area contributed by atoms with Gasteiger partial charge >= 0.3 is 0 Å². The zero-order valence-electron chi connectivity index (χ0n) is 23.0. The number of benzene rings is 2. The highest BCUT2D eigenvalue weighted by Gasteiger charge is 2.31. The van der Waals surface area contributed by atoms with E-state index in [0.29, 0.717) is 13.1 Å². The van der Waals surface area contributed by atoms with Crippen LogP contribution in [0.3, 0.4) is 0 Å². The van der Waals surface area contributed by atoms with Gasteiger partial charge in [0.05, 0.1) is 25.1 Å². The second kappa shape index (κ2) is 13.0. The molecular formula is C29H34F2N6O4. The van der Waals surface area contributed by atoms with Crippen LogP contribution in [0.1, 0.15) is 43.9 Å². The molecule has 0 saturated carbocycles. The van der Waals surface area contributed by atoms with Gasteiger partial charge in [-0.25, -0.2) is 13.8 Å². The third-order valence-corrected chi connectivity index (χ3v) is 6.67. The molecule has 12 heteroatoms. The quantitative estimate of drug-likeness (QED) is 0.326. The van der Waals surface area contributed by atoms with Gasteiger partial charge < -0.3 is 30.6 Å². The third-order valence-electron chi connectivity index (χ3n) is 6.67. The number of ether oxygens (including phenoxy) is 1. The van der Waals surface area contributed by atoms with Crippen LogP contribution in [0.25, 0.3) is 0 Å².